The molecule has 0 aliphatic carbocycles. The van der Waals surface area contributed by atoms with Gasteiger partial charge < -0.3 is 10.3 Å². The van der Waals surface area contributed by atoms with Gasteiger partial charge in [-0.1, -0.05) is 13.0 Å². The first kappa shape index (κ1) is 11.2. The van der Waals surface area contributed by atoms with Crippen LogP contribution in [0.5, 0.6) is 0 Å². The van der Waals surface area contributed by atoms with Crippen molar-refractivity contribution in [1.82, 2.24) is 4.57 Å². The number of aromatic nitrogens is 1. The number of fused-ring (bicyclic) bond motifs is 1. The van der Waals surface area contributed by atoms with Gasteiger partial charge in [0.1, 0.15) is 0 Å². The lowest BCUT2D eigenvalue weighted by molar-refractivity contribution is 0.790. The Hall–Kier alpha value is -1.28. The lowest BCUT2D eigenvalue weighted by atomic mass is 10.1. The second kappa shape index (κ2) is 4.71. The molecule has 0 aliphatic rings. The van der Waals surface area contributed by atoms with Crippen molar-refractivity contribution >= 4 is 10.9 Å². The minimum Gasteiger partial charge on any atom is -0.347 e. The molecule has 0 unspecified atom stereocenters. The standard InChI is InChI=1S/C14H20N2/c1-3-11-5-6-14-13(9-11)12(7-8-15)10-16(14)4-2/h5-6,9-10H,3-4,7-8,15H2,1-2H3. The molecule has 1 aromatic heterocycles. The van der Waals surface area contributed by atoms with E-state index in [4.69, 9.17) is 5.73 Å². The van der Waals surface area contributed by atoms with Crippen LogP contribution in [-0.2, 0) is 19.4 Å². The van der Waals surface area contributed by atoms with Crippen LogP contribution in [0.1, 0.15) is 25.0 Å². The molecule has 0 saturated heterocycles. The number of hydrogen-bond acceptors (Lipinski definition) is 1. The number of hydrogen-bond donors (Lipinski definition) is 1. The molecule has 0 atom stereocenters. The van der Waals surface area contributed by atoms with Crippen LogP contribution in [-0.4, -0.2) is 11.1 Å². The Morgan fingerprint density at radius 1 is 1.25 bits per heavy atom. The second-order valence-electron chi connectivity index (χ2n) is 4.18. The summed E-state index contributed by atoms with van der Waals surface area (Å²) in [6.45, 7) is 6.12. The number of aryl methyl sites for hydroxylation is 2. The molecule has 2 rings (SSSR count). The average Bonchev–Trinajstić information content (AvgIpc) is 2.67. The quantitative estimate of drug-likeness (QED) is 0.837. The van der Waals surface area contributed by atoms with E-state index < -0.39 is 0 Å². The fourth-order valence-electron chi connectivity index (χ4n) is 2.25. The van der Waals surface area contributed by atoms with Crippen LogP contribution in [0.3, 0.4) is 0 Å². The molecule has 2 N–H and O–H groups in total. The van der Waals surface area contributed by atoms with Gasteiger partial charge >= 0.3 is 0 Å². The first-order valence-corrected chi connectivity index (χ1v) is 6.10. The summed E-state index contributed by atoms with van der Waals surface area (Å²) < 4.78 is 2.31. The van der Waals surface area contributed by atoms with E-state index in [0.29, 0.717) is 0 Å². The van der Waals surface area contributed by atoms with Crippen LogP contribution >= 0.6 is 0 Å². The van der Waals surface area contributed by atoms with Crippen molar-refractivity contribution in [3.8, 4) is 0 Å². The van der Waals surface area contributed by atoms with Gasteiger partial charge in [0.05, 0.1) is 0 Å². The van der Waals surface area contributed by atoms with Gasteiger partial charge in [-0.15, -0.1) is 0 Å². The number of rotatable bonds is 4. The Balaban J connectivity index is 2.60. The number of nitrogens with zero attached hydrogens (tertiary/aromatic N) is 1. The summed E-state index contributed by atoms with van der Waals surface area (Å²) in [5, 5.41) is 1.38. The molecule has 0 fully saturated rings. The van der Waals surface area contributed by atoms with Gasteiger partial charge in [-0.05, 0) is 49.6 Å². The third-order valence-electron chi connectivity index (χ3n) is 3.19. The average molecular weight is 216 g/mol. The maximum absolute atomic E-state index is 5.66. The van der Waals surface area contributed by atoms with Gasteiger partial charge in [-0.2, -0.15) is 0 Å². The SMILES string of the molecule is CCc1ccc2c(c1)c(CCN)cn2CC. The van der Waals surface area contributed by atoms with Gasteiger partial charge in [-0.25, -0.2) is 0 Å². The Labute approximate surface area is 97.1 Å². The van der Waals surface area contributed by atoms with E-state index in [1.165, 1.54) is 22.0 Å². The van der Waals surface area contributed by atoms with Gasteiger partial charge in [0, 0.05) is 23.6 Å². The summed E-state index contributed by atoms with van der Waals surface area (Å²) in [4.78, 5) is 0. The van der Waals surface area contributed by atoms with Crippen molar-refractivity contribution in [2.75, 3.05) is 6.54 Å². The highest BCUT2D eigenvalue weighted by Gasteiger charge is 2.07. The van der Waals surface area contributed by atoms with E-state index in [9.17, 15) is 0 Å². The summed E-state index contributed by atoms with van der Waals surface area (Å²) in [5.74, 6) is 0. The van der Waals surface area contributed by atoms with E-state index >= 15 is 0 Å². The van der Waals surface area contributed by atoms with Crippen molar-refractivity contribution in [3.05, 3.63) is 35.5 Å². The lowest BCUT2D eigenvalue weighted by Gasteiger charge is -2.02. The van der Waals surface area contributed by atoms with E-state index in [-0.39, 0.29) is 0 Å². The third-order valence-corrected chi connectivity index (χ3v) is 3.19. The van der Waals surface area contributed by atoms with E-state index in [1.807, 2.05) is 0 Å². The van der Waals surface area contributed by atoms with Crippen molar-refractivity contribution in [2.45, 2.75) is 33.2 Å². The molecule has 0 amide bonds. The maximum Gasteiger partial charge on any atom is 0.0483 e. The summed E-state index contributed by atoms with van der Waals surface area (Å²) >= 11 is 0. The Morgan fingerprint density at radius 2 is 2.06 bits per heavy atom. The van der Waals surface area contributed by atoms with E-state index in [1.54, 1.807) is 0 Å². The fraction of sp³-hybridized carbons (Fsp3) is 0.429. The molecule has 86 valence electrons. The summed E-state index contributed by atoms with van der Waals surface area (Å²) in [6.07, 6.45) is 4.31. The summed E-state index contributed by atoms with van der Waals surface area (Å²) in [5.41, 5.74) is 9.79. The van der Waals surface area contributed by atoms with Gasteiger partial charge in [0.15, 0.2) is 0 Å². The fourth-order valence-corrected chi connectivity index (χ4v) is 2.25. The van der Waals surface area contributed by atoms with Crippen LogP contribution in [0.15, 0.2) is 24.4 Å². The molecule has 2 heteroatoms. The van der Waals surface area contributed by atoms with Crippen molar-refractivity contribution in [1.29, 1.82) is 0 Å². The largest absolute Gasteiger partial charge is 0.347 e. The molecule has 1 heterocycles. The molecule has 2 aromatic rings. The van der Waals surface area contributed by atoms with Crippen LogP contribution < -0.4 is 5.73 Å². The maximum atomic E-state index is 5.66. The monoisotopic (exact) mass is 216 g/mol. The van der Waals surface area contributed by atoms with E-state index in [2.05, 4.69) is 42.8 Å². The van der Waals surface area contributed by atoms with Gasteiger partial charge in [-0.3, -0.25) is 0 Å². The van der Waals surface area contributed by atoms with Crippen LogP contribution in [0.4, 0.5) is 0 Å². The van der Waals surface area contributed by atoms with Crippen LogP contribution in [0.2, 0.25) is 0 Å². The first-order chi connectivity index (χ1) is 7.80. The molecule has 0 radical (unpaired) electrons. The zero-order valence-corrected chi connectivity index (χ0v) is 10.2. The molecule has 0 bridgehead atoms. The highest BCUT2D eigenvalue weighted by molar-refractivity contribution is 5.84. The predicted octanol–water partition coefficient (Wildman–Crippen LogP) is 2.72. The van der Waals surface area contributed by atoms with E-state index in [0.717, 1.165) is 25.9 Å². The Morgan fingerprint density at radius 3 is 2.69 bits per heavy atom. The van der Waals surface area contributed by atoms with Crippen molar-refractivity contribution in [2.24, 2.45) is 5.73 Å². The molecular weight excluding hydrogens is 196 g/mol. The van der Waals surface area contributed by atoms with Crippen molar-refractivity contribution in [3.63, 3.8) is 0 Å². The molecule has 0 spiro atoms. The van der Waals surface area contributed by atoms with Crippen LogP contribution in [0, 0.1) is 0 Å². The minimum absolute atomic E-state index is 0.721. The minimum atomic E-state index is 0.721. The molecular formula is C14H20N2. The zero-order chi connectivity index (χ0) is 11.5. The zero-order valence-electron chi connectivity index (χ0n) is 10.2. The molecule has 0 saturated carbocycles. The van der Waals surface area contributed by atoms with Gasteiger partial charge in [0.2, 0.25) is 0 Å². The molecule has 2 nitrogen and oxygen atoms in total. The third kappa shape index (κ3) is 1.85. The number of benzene rings is 1. The molecule has 16 heavy (non-hydrogen) atoms. The normalized spacial score (nSPS) is 11.2. The highest BCUT2D eigenvalue weighted by Crippen LogP contribution is 2.23. The van der Waals surface area contributed by atoms with Crippen LogP contribution in [0.25, 0.3) is 10.9 Å². The highest BCUT2D eigenvalue weighted by atomic mass is 14.9. The Bertz CT molecular complexity index is 483. The first-order valence-electron chi connectivity index (χ1n) is 6.10. The van der Waals surface area contributed by atoms with Gasteiger partial charge in [0.25, 0.3) is 0 Å². The topological polar surface area (TPSA) is 30.9 Å². The Kier molecular flexibility index (Phi) is 3.30. The lowest BCUT2D eigenvalue weighted by Crippen LogP contribution is -2.02. The predicted molar refractivity (Wildman–Crippen MR) is 69.7 cm³/mol. The molecule has 1 aromatic carbocycles. The summed E-state index contributed by atoms with van der Waals surface area (Å²) in [7, 11) is 0. The smallest absolute Gasteiger partial charge is 0.0483 e. The van der Waals surface area contributed by atoms with Crippen molar-refractivity contribution < 1.29 is 0 Å². The second-order valence-corrected chi connectivity index (χ2v) is 4.18. The summed E-state index contributed by atoms with van der Waals surface area (Å²) in [6, 6.07) is 6.77. The molecule has 0 aliphatic heterocycles. The number of nitrogens with two attached hydrogens (primary N) is 1.